The van der Waals surface area contributed by atoms with Crippen LogP contribution in [0.2, 0.25) is 0 Å². The third-order valence-electron chi connectivity index (χ3n) is 4.84. The Morgan fingerprint density at radius 1 is 1.12 bits per heavy atom. The molecule has 0 bridgehead atoms. The molecule has 2 heterocycles. The van der Waals surface area contributed by atoms with Crippen LogP contribution >= 0.6 is 0 Å². The summed E-state index contributed by atoms with van der Waals surface area (Å²) in [6.45, 7) is 6.95. The third kappa shape index (κ3) is 6.37. The molecule has 1 aromatic heterocycles. The summed E-state index contributed by atoms with van der Waals surface area (Å²) >= 11 is 0. The van der Waals surface area contributed by atoms with E-state index in [1.807, 2.05) is 26.8 Å². The molecule has 0 atom stereocenters. The molecule has 3 rings (SSSR count). The van der Waals surface area contributed by atoms with E-state index in [4.69, 9.17) is 0 Å². The fourth-order valence-electron chi connectivity index (χ4n) is 3.37. The predicted octanol–water partition coefficient (Wildman–Crippen LogP) is 6.26. The van der Waals surface area contributed by atoms with Gasteiger partial charge in [-0.05, 0) is 38.0 Å². The Labute approximate surface area is 185 Å². The van der Waals surface area contributed by atoms with Gasteiger partial charge in [-0.3, -0.25) is 4.79 Å². The van der Waals surface area contributed by atoms with Gasteiger partial charge in [-0.25, -0.2) is 18.7 Å². The van der Waals surface area contributed by atoms with Crippen molar-refractivity contribution in [3.63, 3.8) is 0 Å². The van der Waals surface area contributed by atoms with Gasteiger partial charge < -0.3 is 10.2 Å². The van der Waals surface area contributed by atoms with Crippen LogP contribution in [0.3, 0.4) is 0 Å². The highest BCUT2D eigenvalue weighted by molar-refractivity contribution is 6.08. The minimum absolute atomic E-state index is 0. The lowest BCUT2D eigenvalue weighted by Crippen LogP contribution is -2.31. The molecule has 0 radical (unpaired) electrons. The van der Waals surface area contributed by atoms with Crippen molar-refractivity contribution in [3.05, 3.63) is 46.9 Å². The average Bonchev–Trinajstić information content (AvgIpc) is 2.88. The van der Waals surface area contributed by atoms with Gasteiger partial charge in [-0.15, -0.1) is 0 Å². The highest BCUT2D eigenvalue weighted by Gasteiger charge is 2.39. The molecule has 0 unspecified atom stereocenters. The Hall–Kier alpha value is -2.78. The first-order valence-corrected chi connectivity index (χ1v) is 10.4. The summed E-state index contributed by atoms with van der Waals surface area (Å²) in [7, 11) is 0. The highest BCUT2D eigenvalue weighted by atomic mass is 19.4. The zero-order valence-electron chi connectivity index (χ0n) is 18.5. The van der Waals surface area contributed by atoms with Crippen molar-refractivity contribution in [1.82, 2.24) is 9.97 Å². The molecule has 1 saturated heterocycles. The van der Waals surface area contributed by atoms with Crippen molar-refractivity contribution in [2.45, 2.75) is 59.1 Å². The second kappa shape index (κ2) is 10.2. The molecule has 1 aromatic carbocycles. The lowest BCUT2D eigenvalue weighted by molar-refractivity contribution is -0.145. The number of carbonyl (C=O) groups excluding carboxylic acids is 1. The van der Waals surface area contributed by atoms with Crippen LogP contribution < -0.4 is 10.2 Å². The van der Waals surface area contributed by atoms with Crippen LogP contribution in [0.5, 0.6) is 0 Å². The van der Waals surface area contributed by atoms with Crippen LogP contribution in [0.15, 0.2) is 24.3 Å². The Bertz CT molecular complexity index is 953. The summed E-state index contributed by atoms with van der Waals surface area (Å²) in [6, 6.07) is 6.88. The van der Waals surface area contributed by atoms with E-state index in [0.717, 1.165) is 5.56 Å². The van der Waals surface area contributed by atoms with Crippen molar-refractivity contribution in [3.8, 4) is 0 Å². The first-order chi connectivity index (χ1) is 15.0. The molecule has 1 fully saturated rings. The van der Waals surface area contributed by atoms with Gasteiger partial charge in [0.15, 0.2) is 0 Å². The molecule has 1 amide bonds. The Kier molecular flexibility index (Phi) is 8.14. The maximum atomic E-state index is 13.8. The van der Waals surface area contributed by atoms with Crippen LogP contribution in [0.1, 0.15) is 62.0 Å². The molecule has 32 heavy (non-hydrogen) atoms. The molecule has 2 aromatic rings. The summed E-state index contributed by atoms with van der Waals surface area (Å²) in [6.07, 6.45) is -5.67. The summed E-state index contributed by atoms with van der Waals surface area (Å²) < 4.78 is 67.4. The molecule has 10 heteroatoms. The van der Waals surface area contributed by atoms with E-state index in [1.54, 1.807) is 18.2 Å². The van der Waals surface area contributed by atoms with Crippen molar-refractivity contribution >= 4 is 17.4 Å². The Morgan fingerprint density at radius 2 is 1.81 bits per heavy atom. The second-order valence-electron chi connectivity index (χ2n) is 7.35. The van der Waals surface area contributed by atoms with Crippen molar-refractivity contribution in [1.29, 1.82) is 0 Å². The number of carbonyl (C=O) groups is 1. The minimum Gasteiger partial charge on any atom is -0.356 e. The van der Waals surface area contributed by atoms with Gasteiger partial charge in [0.1, 0.15) is 11.4 Å². The maximum Gasteiger partial charge on any atom is 0.451 e. The Morgan fingerprint density at radius 3 is 2.44 bits per heavy atom. The molecular formula is C22H29F5N4O. The largest absolute Gasteiger partial charge is 0.451 e. The van der Waals surface area contributed by atoms with Gasteiger partial charge in [-0.2, -0.15) is 13.2 Å². The number of alkyl halides is 5. The van der Waals surface area contributed by atoms with Gasteiger partial charge >= 0.3 is 6.18 Å². The summed E-state index contributed by atoms with van der Waals surface area (Å²) in [4.78, 5) is 21.3. The van der Waals surface area contributed by atoms with Crippen LogP contribution in [-0.2, 0) is 6.18 Å². The van der Waals surface area contributed by atoms with Gasteiger partial charge in [0.25, 0.3) is 5.91 Å². The number of benzene rings is 1. The number of hydrogen-bond acceptors (Lipinski definition) is 4. The summed E-state index contributed by atoms with van der Waals surface area (Å²) in [5, 5.41) is 2.63. The van der Waals surface area contributed by atoms with Gasteiger partial charge in [-0.1, -0.05) is 26.0 Å². The van der Waals surface area contributed by atoms with Crippen LogP contribution in [0.25, 0.3) is 0 Å². The quantitative estimate of drug-likeness (QED) is 0.549. The smallest absolute Gasteiger partial charge is 0.356 e. The van der Waals surface area contributed by atoms with E-state index in [2.05, 4.69) is 15.3 Å². The molecule has 1 N–H and O–H groups in total. The van der Waals surface area contributed by atoms with E-state index in [1.165, 1.54) is 11.8 Å². The number of nitrogens with one attached hydrogen (secondary N) is 1. The monoisotopic (exact) mass is 460 g/mol. The predicted molar refractivity (Wildman–Crippen MR) is 115 cm³/mol. The zero-order valence-corrected chi connectivity index (χ0v) is 18.5. The first-order valence-electron chi connectivity index (χ1n) is 10.4. The maximum absolute atomic E-state index is 13.8. The average molecular weight is 460 g/mol. The standard InChI is InChI=1S/C20H21F5N4O.C2H6.H2/c1-12-5-3-6-14(11-12)27-17(30)15-13(2)26-18(20(23,24)25)28-16(15)29-9-4-7-19(21,22)8-10-29;1-2;/h3,5-6,11H,4,7-10H2,1-2H3,(H,27,30);1-2H3;1H. The van der Waals surface area contributed by atoms with E-state index < -0.39 is 30.3 Å². The topological polar surface area (TPSA) is 58.1 Å². The number of aromatic nitrogens is 2. The number of aryl methyl sites for hydroxylation is 2. The lowest BCUT2D eigenvalue weighted by atomic mass is 10.1. The molecule has 1 aliphatic heterocycles. The molecule has 5 nitrogen and oxygen atoms in total. The number of hydrogen-bond donors (Lipinski definition) is 1. The van der Waals surface area contributed by atoms with E-state index >= 15 is 0 Å². The fraction of sp³-hybridized carbons (Fsp3) is 0.500. The number of amides is 1. The molecule has 178 valence electrons. The summed E-state index contributed by atoms with van der Waals surface area (Å²) in [5.41, 5.74) is 0.999. The molecule has 0 spiro atoms. The van der Waals surface area contributed by atoms with Gasteiger partial charge in [0.2, 0.25) is 11.7 Å². The molecular weight excluding hydrogens is 431 g/mol. The van der Waals surface area contributed by atoms with Gasteiger partial charge in [0, 0.05) is 33.0 Å². The molecule has 0 aliphatic carbocycles. The summed E-state index contributed by atoms with van der Waals surface area (Å²) in [5.74, 6) is -5.29. The molecule has 0 saturated carbocycles. The highest BCUT2D eigenvalue weighted by Crippen LogP contribution is 2.34. The van der Waals surface area contributed by atoms with E-state index in [0.29, 0.717) is 5.69 Å². The number of nitrogens with zero attached hydrogens (tertiary/aromatic N) is 3. The van der Waals surface area contributed by atoms with Crippen LogP contribution in [-0.4, -0.2) is 34.9 Å². The van der Waals surface area contributed by atoms with E-state index in [9.17, 15) is 26.7 Å². The normalized spacial score (nSPS) is 16.0. The fourth-order valence-corrected chi connectivity index (χ4v) is 3.37. The SMILES string of the molecule is CC.Cc1cccc(NC(=O)c2c(C)nc(C(F)(F)F)nc2N2CCCC(F)(F)CC2)c1.[HH]. The van der Waals surface area contributed by atoms with Crippen LogP contribution in [0.4, 0.5) is 33.5 Å². The Balaban J connectivity index is 0.00000177. The minimum atomic E-state index is -4.83. The number of halogens is 5. The van der Waals surface area contributed by atoms with Crippen molar-refractivity contribution < 1.29 is 28.2 Å². The van der Waals surface area contributed by atoms with E-state index in [-0.39, 0.29) is 44.4 Å². The second-order valence-corrected chi connectivity index (χ2v) is 7.35. The first kappa shape index (κ1) is 25.5. The third-order valence-corrected chi connectivity index (χ3v) is 4.84. The zero-order chi connectivity index (χ0) is 24.1. The van der Waals surface area contributed by atoms with Crippen LogP contribution in [0, 0.1) is 13.8 Å². The number of rotatable bonds is 3. The van der Waals surface area contributed by atoms with Crippen molar-refractivity contribution in [2.24, 2.45) is 0 Å². The molecule has 1 aliphatic rings. The lowest BCUT2D eigenvalue weighted by Gasteiger charge is -2.25. The van der Waals surface area contributed by atoms with Gasteiger partial charge in [0.05, 0.1) is 5.69 Å². The number of anilines is 2. The van der Waals surface area contributed by atoms with Crippen molar-refractivity contribution in [2.75, 3.05) is 23.3 Å².